The minimum Gasteiger partial charge on any atom is -0.352 e. The van der Waals surface area contributed by atoms with Crippen LogP contribution in [0.15, 0.2) is 36.4 Å². The van der Waals surface area contributed by atoms with Crippen LogP contribution in [-0.4, -0.2) is 24.9 Å². The van der Waals surface area contributed by atoms with E-state index in [0.717, 1.165) is 48.2 Å². The number of benzene rings is 2. The molecule has 2 aliphatic heterocycles. The first kappa shape index (κ1) is 16.2. The van der Waals surface area contributed by atoms with Crippen LogP contribution in [0.25, 0.3) is 0 Å². The topological polar surface area (TPSA) is 49.4 Å². The second-order valence-corrected chi connectivity index (χ2v) is 7.01. The monoisotopic (exact) mass is 354 g/mol. The Morgan fingerprint density at radius 1 is 1.08 bits per heavy atom. The van der Waals surface area contributed by atoms with Crippen molar-refractivity contribution in [3.05, 3.63) is 63.7 Å². The van der Waals surface area contributed by atoms with Crippen LogP contribution in [0.2, 0.25) is 5.02 Å². The first-order valence-electron chi connectivity index (χ1n) is 8.60. The van der Waals surface area contributed by atoms with Gasteiger partial charge in [0.15, 0.2) is 0 Å². The summed E-state index contributed by atoms with van der Waals surface area (Å²) in [5.74, 6) is 0.148. The molecule has 4 nitrogen and oxygen atoms in total. The lowest BCUT2D eigenvalue weighted by atomic mass is 9.96. The summed E-state index contributed by atoms with van der Waals surface area (Å²) >= 11 is 5.88. The summed E-state index contributed by atoms with van der Waals surface area (Å²) in [5, 5.41) is 3.71. The van der Waals surface area contributed by atoms with Crippen molar-refractivity contribution in [2.75, 3.05) is 18.0 Å². The van der Waals surface area contributed by atoms with Crippen molar-refractivity contribution in [3.8, 4) is 0 Å². The molecule has 2 aromatic carbocycles. The maximum absolute atomic E-state index is 12.5. The molecule has 0 radical (unpaired) electrons. The third kappa shape index (κ3) is 3.14. The van der Waals surface area contributed by atoms with Gasteiger partial charge < -0.3 is 10.2 Å². The number of halogens is 1. The summed E-state index contributed by atoms with van der Waals surface area (Å²) in [4.78, 5) is 26.4. The van der Waals surface area contributed by atoms with Gasteiger partial charge in [-0.2, -0.15) is 0 Å². The van der Waals surface area contributed by atoms with Crippen LogP contribution in [-0.2, 0) is 24.1 Å². The molecule has 2 heterocycles. The van der Waals surface area contributed by atoms with E-state index in [1.165, 1.54) is 0 Å². The number of aryl methyl sites for hydroxylation is 1. The van der Waals surface area contributed by atoms with Gasteiger partial charge in [0.2, 0.25) is 5.91 Å². The minimum absolute atomic E-state index is 0.0524. The molecule has 5 heteroatoms. The molecule has 128 valence electrons. The quantitative estimate of drug-likeness (QED) is 0.917. The molecule has 0 saturated carbocycles. The zero-order valence-corrected chi connectivity index (χ0v) is 14.6. The zero-order chi connectivity index (χ0) is 17.4. The SMILES string of the molecule is O=C(NCCc1ccc(Cl)cc1)c1cc2c3c(c1)CCN3C(=O)CC2. The zero-order valence-electron chi connectivity index (χ0n) is 13.8. The van der Waals surface area contributed by atoms with Crippen LogP contribution < -0.4 is 10.2 Å². The largest absolute Gasteiger partial charge is 0.352 e. The van der Waals surface area contributed by atoms with Crippen LogP contribution in [0.1, 0.15) is 33.5 Å². The lowest BCUT2D eigenvalue weighted by molar-refractivity contribution is -0.118. The van der Waals surface area contributed by atoms with Gasteiger partial charge in [-0.1, -0.05) is 23.7 Å². The number of carbonyl (C=O) groups is 2. The van der Waals surface area contributed by atoms with Crippen molar-refractivity contribution >= 4 is 29.1 Å². The predicted octanol–water partition coefficient (Wildman–Crippen LogP) is 3.15. The van der Waals surface area contributed by atoms with Gasteiger partial charge in [-0.25, -0.2) is 0 Å². The highest BCUT2D eigenvalue weighted by Gasteiger charge is 2.31. The van der Waals surface area contributed by atoms with E-state index in [2.05, 4.69) is 5.32 Å². The molecule has 4 rings (SSSR count). The highest BCUT2D eigenvalue weighted by molar-refractivity contribution is 6.30. The number of amides is 2. The average Bonchev–Trinajstić information content (AvgIpc) is 3.05. The summed E-state index contributed by atoms with van der Waals surface area (Å²) in [5.41, 5.74) is 5.13. The number of nitrogens with one attached hydrogen (secondary N) is 1. The van der Waals surface area contributed by atoms with Crippen LogP contribution >= 0.6 is 11.6 Å². The van der Waals surface area contributed by atoms with Crippen LogP contribution in [0, 0.1) is 0 Å². The van der Waals surface area contributed by atoms with E-state index in [1.54, 1.807) is 0 Å². The molecule has 25 heavy (non-hydrogen) atoms. The van der Waals surface area contributed by atoms with Crippen molar-refractivity contribution in [1.82, 2.24) is 5.32 Å². The van der Waals surface area contributed by atoms with Gasteiger partial charge in [0.05, 0.1) is 5.69 Å². The van der Waals surface area contributed by atoms with E-state index < -0.39 is 0 Å². The van der Waals surface area contributed by atoms with E-state index in [4.69, 9.17) is 11.6 Å². The number of carbonyl (C=O) groups excluding carboxylic acids is 2. The first-order chi connectivity index (χ1) is 12.1. The van der Waals surface area contributed by atoms with Crippen molar-refractivity contribution in [3.63, 3.8) is 0 Å². The molecule has 2 amide bonds. The molecule has 0 aromatic heterocycles. The maximum Gasteiger partial charge on any atom is 0.251 e. The second-order valence-electron chi connectivity index (χ2n) is 6.57. The van der Waals surface area contributed by atoms with E-state index in [1.807, 2.05) is 41.3 Å². The number of anilines is 1. The normalized spacial score (nSPS) is 15.2. The molecule has 0 aliphatic carbocycles. The lowest BCUT2D eigenvalue weighted by Gasteiger charge is -2.25. The summed E-state index contributed by atoms with van der Waals surface area (Å²) in [6.45, 7) is 1.32. The smallest absolute Gasteiger partial charge is 0.251 e. The molecule has 0 atom stereocenters. The van der Waals surface area contributed by atoms with Gasteiger partial charge in [0, 0.05) is 30.1 Å². The molecule has 0 fully saturated rings. The number of hydrogen-bond donors (Lipinski definition) is 1. The highest BCUT2D eigenvalue weighted by Crippen LogP contribution is 2.37. The molecule has 2 aromatic rings. The Balaban J connectivity index is 1.44. The highest BCUT2D eigenvalue weighted by atomic mass is 35.5. The van der Waals surface area contributed by atoms with E-state index in [-0.39, 0.29) is 11.8 Å². The standard InChI is InChI=1S/C20H19ClN2O2/c21-17-4-1-13(2-5-17)7-9-22-20(25)16-11-14-3-6-18(24)23-10-8-15(12-16)19(14)23/h1-2,4-5,11-12H,3,6-10H2,(H,22,25). The fourth-order valence-corrected chi connectivity index (χ4v) is 3.79. The number of nitrogens with zero attached hydrogens (tertiary/aromatic N) is 1. The summed E-state index contributed by atoms with van der Waals surface area (Å²) in [6.07, 6.45) is 2.86. The third-order valence-corrected chi connectivity index (χ3v) is 5.18. The Morgan fingerprint density at radius 2 is 1.80 bits per heavy atom. The van der Waals surface area contributed by atoms with Crippen LogP contribution in [0.5, 0.6) is 0 Å². The Kier molecular flexibility index (Phi) is 4.22. The lowest BCUT2D eigenvalue weighted by Crippen LogP contribution is -2.33. The Hall–Kier alpha value is -2.33. The van der Waals surface area contributed by atoms with Crippen molar-refractivity contribution < 1.29 is 9.59 Å². The molecular weight excluding hydrogens is 336 g/mol. The summed E-state index contributed by atoms with van der Waals surface area (Å²) < 4.78 is 0. The van der Waals surface area contributed by atoms with Gasteiger partial charge >= 0.3 is 0 Å². The Morgan fingerprint density at radius 3 is 2.56 bits per heavy atom. The Labute approximate surface area is 151 Å². The molecule has 1 N–H and O–H groups in total. The van der Waals surface area contributed by atoms with Gasteiger partial charge in [-0.05, 0) is 60.2 Å². The molecule has 0 unspecified atom stereocenters. The molecule has 2 aliphatic rings. The molecule has 0 spiro atoms. The van der Waals surface area contributed by atoms with Gasteiger partial charge in [-0.15, -0.1) is 0 Å². The Bertz CT molecular complexity index is 846. The van der Waals surface area contributed by atoms with Gasteiger partial charge in [-0.3, -0.25) is 9.59 Å². The molecule has 0 bridgehead atoms. The van der Waals surface area contributed by atoms with Crippen molar-refractivity contribution in [2.24, 2.45) is 0 Å². The first-order valence-corrected chi connectivity index (χ1v) is 8.98. The van der Waals surface area contributed by atoms with Crippen LogP contribution in [0.4, 0.5) is 5.69 Å². The molecular formula is C20H19ClN2O2. The summed E-state index contributed by atoms with van der Waals surface area (Å²) in [6, 6.07) is 11.5. The average molecular weight is 355 g/mol. The molecule has 0 saturated heterocycles. The third-order valence-electron chi connectivity index (χ3n) is 4.93. The fourth-order valence-electron chi connectivity index (χ4n) is 3.66. The van der Waals surface area contributed by atoms with Gasteiger partial charge in [0.1, 0.15) is 0 Å². The fraction of sp³-hybridized carbons (Fsp3) is 0.300. The van der Waals surface area contributed by atoms with E-state index in [9.17, 15) is 9.59 Å². The van der Waals surface area contributed by atoms with Gasteiger partial charge in [0.25, 0.3) is 5.91 Å². The maximum atomic E-state index is 12.5. The summed E-state index contributed by atoms with van der Waals surface area (Å²) in [7, 11) is 0. The van der Waals surface area contributed by atoms with E-state index >= 15 is 0 Å². The number of rotatable bonds is 4. The predicted molar refractivity (Wildman–Crippen MR) is 98.3 cm³/mol. The van der Waals surface area contributed by atoms with E-state index in [0.29, 0.717) is 23.6 Å². The van der Waals surface area contributed by atoms with Crippen LogP contribution in [0.3, 0.4) is 0 Å². The van der Waals surface area contributed by atoms with Crippen molar-refractivity contribution in [1.29, 1.82) is 0 Å². The van der Waals surface area contributed by atoms with Crippen molar-refractivity contribution in [2.45, 2.75) is 25.7 Å². The number of hydrogen-bond acceptors (Lipinski definition) is 2. The second kappa shape index (κ2) is 6.52. The minimum atomic E-state index is -0.0524.